The quantitative estimate of drug-likeness (QED) is 0.727. The molecule has 0 atom stereocenters. The molecule has 2 aromatic rings. The summed E-state index contributed by atoms with van der Waals surface area (Å²) in [7, 11) is 1.64. The van der Waals surface area contributed by atoms with Crippen LogP contribution in [0.4, 0.5) is 5.95 Å². The van der Waals surface area contributed by atoms with Gasteiger partial charge in [0.25, 0.3) is 5.78 Å². The van der Waals surface area contributed by atoms with E-state index in [4.69, 9.17) is 10.5 Å². The summed E-state index contributed by atoms with van der Waals surface area (Å²) >= 11 is 0. The highest BCUT2D eigenvalue weighted by molar-refractivity contribution is 5.79. The zero-order chi connectivity index (χ0) is 15.4. The molecule has 8 heteroatoms. The SMILES string of the molecule is COCCCNC(=O)Cc1c(C)nc2nc(N)nn2c1C. The second kappa shape index (κ2) is 6.49. The van der Waals surface area contributed by atoms with E-state index in [1.54, 1.807) is 11.6 Å². The van der Waals surface area contributed by atoms with Crippen molar-refractivity contribution in [2.45, 2.75) is 26.7 Å². The van der Waals surface area contributed by atoms with Crippen LogP contribution in [0.2, 0.25) is 0 Å². The summed E-state index contributed by atoms with van der Waals surface area (Å²) in [5.74, 6) is 0.574. The molecular formula is C13H20N6O2. The lowest BCUT2D eigenvalue weighted by Gasteiger charge is -2.10. The molecule has 8 nitrogen and oxygen atoms in total. The van der Waals surface area contributed by atoms with Gasteiger partial charge in [-0.05, 0) is 20.3 Å². The van der Waals surface area contributed by atoms with Gasteiger partial charge in [-0.2, -0.15) is 9.50 Å². The minimum atomic E-state index is -0.0495. The predicted octanol–water partition coefficient (Wildman–Crippen LogP) is 0.0185. The summed E-state index contributed by atoms with van der Waals surface area (Å²) < 4.78 is 6.50. The molecule has 3 N–H and O–H groups in total. The third-order valence-corrected chi connectivity index (χ3v) is 3.25. The van der Waals surface area contributed by atoms with Crippen LogP contribution < -0.4 is 11.1 Å². The molecule has 0 saturated carbocycles. The standard InChI is InChI=1S/C13H20N6O2/c1-8-10(7-11(20)15-5-4-6-21-3)9(2)19-13(16-8)17-12(14)18-19/h4-7H2,1-3H3,(H2,14,18)(H,15,20). The molecule has 0 bridgehead atoms. The Hall–Kier alpha value is -2.22. The van der Waals surface area contributed by atoms with Crippen LogP contribution in [0.5, 0.6) is 0 Å². The highest BCUT2D eigenvalue weighted by Gasteiger charge is 2.15. The summed E-state index contributed by atoms with van der Waals surface area (Å²) in [5, 5.41) is 6.94. The molecule has 0 fully saturated rings. The maximum atomic E-state index is 12.0. The van der Waals surface area contributed by atoms with E-state index in [0.717, 1.165) is 23.4 Å². The van der Waals surface area contributed by atoms with Crippen LogP contribution in [-0.4, -0.2) is 45.8 Å². The van der Waals surface area contributed by atoms with Gasteiger partial charge in [0.1, 0.15) is 0 Å². The number of aryl methyl sites for hydroxylation is 2. The minimum Gasteiger partial charge on any atom is -0.385 e. The van der Waals surface area contributed by atoms with Crippen LogP contribution in [-0.2, 0) is 16.0 Å². The van der Waals surface area contributed by atoms with Gasteiger partial charge < -0.3 is 15.8 Å². The summed E-state index contributed by atoms with van der Waals surface area (Å²) in [6, 6.07) is 0. The summed E-state index contributed by atoms with van der Waals surface area (Å²) in [6.45, 7) is 4.95. The Morgan fingerprint density at radius 3 is 2.86 bits per heavy atom. The lowest BCUT2D eigenvalue weighted by Crippen LogP contribution is -2.27. The maximum absolute atomic E-state index is 12.0. The first-order chi connectivity index (χ1) is 10.0. The number of methoxy groups -OCH3 is 1. The fraction of sp³-hybridized carbons (Fsp3) is 0.538. The molecule has 114 valence electrons. The molecule has 0 radical (unpaired) electrons. The van der Waals surface area contributed by atoms with E-state index in [2.05, 4.69) is 20.4 Å². The minimum absolute atomic E-state index is 0.0495. The number of nitrogens with zero attached hydrogens (tertiary/aromatic N) is 4. The van der Waals surface area contributed by atoms with Gasteiger partial charge in [-0.3, -0.25) is 4.79 Å². The molecular weight excluding hydrogens is 272 g/mol. The van der Waals surface area contributed by atoms with Gasteiger partial charge >= 0.3 is 0 Å². The highest BCUT2D eigenvalue weighted by atomic mass is 16.5. The lowest BCUT2D eigenvalue weighted by atomic mass is 10.1. The van der Waals surface area contributed by atoms with Crippen molar-refractivity contribution in [2.75, 3.05) is 26.0 Å². The van der Waals surface area contributed by atoms with E-state index >= 15 is 0 Å². The number of carbonyl (C=O) groups excluding carboxylic acids is 1. The van der Waals surface area contributed by atoms with Crippen LogP contribution >= 0.6 is 0 Å². The molecule has 0 aliphatic carbocycles. The van der Waals surface area contributed by atoms with Gasteiger partial charge in [0.15, 0.2) is 0 Å². The van der Waals surface area contributed by atoms with E-state index in [1.807, 2.05) is 13.8 Å². The largest absolute Gasteiger partial charge is 0.385 e. The van der Waals surface area contributed by atoms with Gasteiger partial charge in [-0.25, -0.2) is 4.98 Å². The molecule has 21 heavy (non-hydrogen) atoms. The predicted molar refractivity (Wildman–Crippen MR) is 77.9 cm³/mol. The van der Waals surface area contributed by atoms with Gasteiger partial charge in [0.2, 0.25) is 11.9 Å². The first kappa shape index (κ1) is 15.2. The second-order valence-electron chi connectivity index (χ2n) is 4.82. The average Bonchev–Trinajstić information content (AvgIpc) is 2.80. The number of nitrogens with one attached hydrogen (secondary N) is 1. The fourth-order valence-corrected chi connectivity index (χ4v) is 2.15. The van der Waals surface area contributed by atoms with Crippen LogP contribution in [0.15, 0.2) is 0 Å². The van der Waals surface area contributed by atoms with Crippen molar-refractivity contribution in [3.63, 3.8) is 0 Å². The van der Waals surface area contributed by atoms with E-state index in [9.17, 15) is 4.79 Å². The van der Waals surface area contributed by atoms with Crippen molar-refractivity contribution >= 4 is 17.6 Å². The molecule has 2 aromatic heterocycles. The van der Waals surface area contributed by atoms with Crippen molar-refractivity contribution in [2.24, 2.45) is 0 Å². The Morgan fingerprint density at radius 1 is 1.38 bits per heavy atom. The van der Waals surface area contributed by atoms with E-state index in [0.29, 0.717) is 18.9 Å². The highest BCUT2D eigenvalue weighted by Crippen LogP contribution is 2.14. The number of fused-ring (bicyclic) bond motifs is 1. The van der Waals surface area contributed by atoms with E-state index < -0.39 is 0 Å². The van der Waals surface area contributed by atoms with Gasteiger partial charge in [0, 0.05) is 37.2 Å². The molecule has 2 heterocycles. The van der Waals surface area contributed by atoms with Crippen molar-refractivity contribution in [3.8, 4) is 0 Å². The summed E-state index contributed by atoms with van der Waals surface area (Å²) in [6.07, 6.45) is 1.05. The molecule has 0 aliphatic rings. The maximum Gasteiger partial charge on any atom is 0.254 e. The van der Waals surface area contributed by atoms with Crippen LogP contribution in [0.25, 0.3) is 5.78 Å². The fourth-order valence-electron chi connectivity index (χ4n) is 2.15. The van der Waals surface area contributed by atoms with Gasteiger partial charge in [0.05, 0.1) is 6.42 Å². The Morgan fingerprint density at radius 2 is 2.14 bits per heavy atom. The summed E-state index contributed by atoms with van der Waals surface area (Å²) in [4.78, 5) is 20.3. The zero-order valence-electron chi connectivity index (χ0n) is 12.5. The molecule has 0 saturated heterocycles. The normalized spacial score (nSPS) is 11.0. The number of hydrogen-bond acceptors (Lipinski definition) is 6. The first-order valence-electron chi connectivity index (χ1n) is 6.77. The van der Waals surface area contributed by atoms with Crippen molar-refractivity contribution < 1.29 is 9.53 Å². The van der Waals surface area contributed by atoms with Crippen molar-refractivity contribution in [1.29, 1.82) is 0 Å². The number of carbonyl (C=O) groups is 1. The first-order valence-corrected chi connectivity index (χ1v) is 6.77. The molecule has 0 aromatic carbocycles. The molecule has 0 aliphatic heterocycles. The van der Waals surface area contributed by atoms with Crippen LogP contribution in [0, 0.1) is 13.8 Å². The number of anilines is 1. The van der Waals surface area contributed by atoms with Crippen molar-refractivity contribution in [1.82, 2.24) is 24.9 Å². The van der Waals surface area contributed by atoms with Crippen LogP contribution in [0.3, 0.4) is 0 Å². The number of ether oxygens (including phenoxy) is 1. The van der Waals surface area contributed by atoms with E-state index in [-0.39, 0.29) is 18.3 Å². The number of rotatable bonds is 6. The number of nitrogen functional groups attached to an aromatic ring is 1. The molecule has 0 spiro atoms. The van der Waals surface area contributed by atoms with Crippen molar-refractivity contribution in [3.05, 3.63) is 17.0 Å². The topological polar surface area (TPSA) is 107 Å². The Balaban J connectivity index is 2.12. The third kappa shape index (κ3) is 3.46. The third-order valence-electron chi connectivity index (χ3n) is 3.25. The number of aromatic nitrogens is 4. The molecule has 0 unspecified atom stereocenters. The van der Waals surface area contributed by atoms with Crippen LogP contribution in [0.1, 0.15) is 23.4 Å². The monoisotopic (exact) mass is 292 g/mol. The molecule has 1 amide bonds. The average molecular weight is 292 g/mol. The number of hydrogen-bond donors (Lipinski definition) is 2. The Bertz CT molecular complexity index is 652. The second-order valence-corrected chi connectivity index (χ2v) is 4.82. The lowest BCUT2D eigenvalue weighted by molar-refractivity contribution is -0.120. The number of amides is 1. The van der Waals surface area contributed by atoms with Gasteiger partial charge in [-0.1, -0.05) is 0 Å². The molecule has 2 rings (SSSR count). The zero-order valence-corrected chi connectivity index (χ0v) is 12.5. The van der Waals surface area contributed by atoms with E-state index in [1.165, 1.54) is 0 Å². The smallest absolute Gasteiger partial charge is 0.254 e. The number of nitrogens with two attached hydrogens (primary N) is 1. The Labute approximate surface area is 122 Å². The van der Waals surface area contributed by atoms with Gasteiger partial charge in [-0.15, -0.1) is 5.10 Å². The summed E-state index contributed by atoms with van der Waals surface area (Å²) in [5.41, 5.74) is 8.02. The Kier molecular flexibility index (Phi) is 4.69.